The average Bonchev–Trinajstić information content (AvgIpc) is 3.14. The maximum Gasteiger partial charge on any atom is 0.355 e. The minimum absolute atomic E-state index is 0.0805. The maximum absolute atomic E-state index is 11.8. The van der Waals surface area contributed by atoms with Gasteiger partial charge in [-0.3, -0.25) is 0 Å². The number of aromatic nitrogens is 3. The molecule has 2 heterocycles. The molecule has 22 heavy (non-hydrogen) atoms. The molecule has 0 unspecified atom stereocenters. The SMILES string of the molecule is COc1ccccc1-c1c(C)nn(-c2nccs2)c1C(=O)O. The van der Waals surface area contributed by atoms with E-state index in [0.29, 0.717) is 27.7 Å². The Morgan fingerprint density at radius 2 is 2.14 bits per heavy atom. The van der Waals surface area contributed by atoms with Crippen LogP contribution in [0, 0.1) is 6.92 Å². The summed E-state index contributed by atoms with van der Waals surface area (Å²) in [5, 5.41) is 16.3. The Bertz CT molecular complexity index is 825. The average molecular weight is 315 g/mol. The predicted octanol–water partition coefficient (Wildman–Crippen LogP) is 3.01. The molecular formula is C15H13N3O3S. The molecule has 112 valence electrons. The molecule has 0 saturated carbocycles. The quantitative estimate of drug-likeness (QED) is 0.801. The van der Waals surface area contributed by atoms with E-state index in [1.54, 1.807) is 31.7 Å². The minimum Gasteiger partial charge on any atom is -0.496 e. The molecule has 0 radical (unpaired) electrons. The summed E-state index contributed by atoms with van der Waals surface area (Å²) in [5.41, 5.74) is 1.93. The van der Waals surface area contributed by atoms with Gasteiger partial charge in [0.25, 0.3) is 0 Å². The Labute approximate surface area is 130 Å². The van der Waals surface area contributed by atoms with Gasteiger partial charge in [-0.15, -0.1) is 11.3 Å². The Morgan fingerprint density at radius 1 is 1.36 bits per heavy atom. The summed E-state index contributed by atoms with van der Waals surface area (Å²) in [5.74, 6) is -0.455. The number of ether oxygens (including phenoxy) is 1. The number of carboxylic acids is 1. The first kappa shape index (κ1) is 14.3. The van der Waals surface area contributed by atoms with Gasteiger partial charge < -0.3 is 9.84 Å². The summed E-state index contributed by atoms with van der Waals surface area (Å²) in [6.45, 7) is 1.78. The summed E-state index contributed by atoms with van der Waals surface area (Å²) < 4.78 is 6.71. The fourth-order valence-electron chi connectivity index (χ4n) is 2.36. The molecule has 0 aliphatic heterocycles. The van der Waals surface area contributed by atoms with E-state index in [0.717, 1.165) is 0 Å². The van der Waals surface area contributed by atoms with Gasteiger partial charge in [0.2, 0.25) is 5.13 Å². The Kier molecular flexibility index (Phi) is 3.64. The first-order valence-electron chi connectivity index (χ1n) is 6.49. The van der Waals surface area contributed by atoms with Gasteiger partial charge in [0.1, 0.15) is 5.75 Å². The zero-order valence-electron chi connectivity index (χ0n) is 12.0. The number of thiazole rings is 1. The lowest BCUT2D eigenvalue weighted by Crippen LogP contribution is -2.09. The van der Waals surface area contributed by atoms with Crippen LogP contribution < -0.4 is 4.74 Å². The van der Waals surface area contributed by atoms with Crippen LogP contribution in [0.15, 0.2) is 35.8 Å². The number of carbonyl (C=O) groups is 1. The van der Waals surface area contributed by atoms with Crippen molar-refractivity contribution < 1.29 is 14.6 Å². The van der Waals surface area contributed by atoms with E-state index >= 15 is 0 Å². The standard InChI is InChI=1S/C15H13N3O3S/c1-9-12(10-5-3-4-6-11(10)21-2)13(14(19)20)18(17-9)15-16-7-8-22-15/h3-8H,1-2H3,(H,19,20). The highest BCUT2D eigenvalue weighted by Gasteiger charge is 2.26. The second kappa shape index (κ2) is 5.61. The number of para-hydroxylation sites is 1. The van der Waals surface area contributed by atoms with Crippen LogP contribution in [-0.4, -0.2) is 33.0 Å². The normalized spacial score (nSPS) is 10.6. The Hall–Kier alpha value is -2.67. The molecule has 0 spiro atoms. The first-order valence-corrected chi connectivity index (χ1v) is 7.37. The summed E-state index contributed by atoms with van der Waals surface area (Å²) >= 11 is 1.33. The second-order valence-corrected chi connectivity index (χ2v) is 5.41. The predicted molar refractivity (Wildman–Crippen MR) is 82.9 cm³/mol. The van der Waals surface area contributed by atoms with Crippen molar-refractivity contribution in [2.45, 2.75) is 6.92 Å². The van der Waals surface area contributed by atoms with Crippen molar-refractivity contribution in [3.05, 3.63) is 47.2 Å². The van der Waals surface area contributed by atoms with Crippen molar-refractivity contribution in [3.8, 4) is 22.0 Å². The molecule has 7 heteroatoms. The number of aromatic carboxylic acids is 1. The van der Waals surface area contributed by atoms with Gasteiger partial charge in [-0.25, -0.2) is 9.78 Å². The molecule has 0 saturated heterocycles. The van der Waals surface area contributed by atoms with Crippen LogP contribution in [0.5, 0.6) is 5.75 Å². The molecule has 1 N–H and O–H groups in total. The molecular weight excluding hydrogens is 302 g/mol. The van der Waals surface area contributed by atoms with Gasteiger partial charge in [0.05, 0.1) is 12.8 Å². The van der Waals surface area contributed by atoms with Gasteiger partial charge in [-0.2, -0.15) is 9.78 Å². The highest BCUT2D eigenvalue weighted by atomic mass is 32.1. The topological polar surface area (TPSA) is 77.2 Å². The number of rotatable bonds is 4. The highest BCUT2D eigenvalue weighted by molar-refractivity contribution is 7.12. The number of hydrogen-bond donors (Lipinski definition) is 1. The van der Waals surface area contributed by atoms with Crippen molar-refractivity contribution in [1.29, 1.82) is 0 Å². The van der Waals surface area contributed by atoms with Crippen LogP contribution in [0.1, 0.15) is 16.2 Å². The van der Waals surface area contributed by atoms with Crippen molar-refractivity contribution in [3.63, 3.8) is 0 Å². The molecule has 2 aromatic heterocycles. The Balaban J connectivity index is 2.31. The molecule has 1 aromatic carbocycles. The van der Waals surface area contributed by atoms with E-state index in [1.165, 1.54) is 16.0 Å². The lowest BCUT2D eigenvalue weighted by Gasteiger charge is -2.08. The van der Waals surface area contributed by atoms with Crippen LogP contribution in [-0.2, 0) is 0 Å². The van der Waals surface area contributed by atoms with E-state index in [2.05, 4.69) is 10.1 Å². The summed E-state index contributed by atoms with van der Waals surface area (Å²) in [7, 11) is 1.56. The van der Waals surface area contributed by atoms with E-state index in [1.807, 2.05) is 18.2 Å². The summed E-state index contributed by atoms with van der Waals surface area (Å²) in [6.07, 6.45) is 1.62. The zero-order chi connectivity index (χ0) is 15.7. The highest BCUT2D eigenvalue weighted by Crippen LogP contribution is 2.35. The zero-order valence-corrected chi connectivity index (χ0v) is 12.8. The van der Waals surface area contributed by atoms with E-state index in [-0.39, 0.29) is 5.69 Å². The summed E-state index contributed by atoms with van der Waals surface area (Å²) in [6, 6.07) is 7.29. The number of benzene rings is 1. The molecule has 6 nitrogen and oxygen atoms in total. The number of methoxy groups -OCH3 is 1. The van der Waals surface area contributed by atoms with Crippen molar-refractivity contribution >= 4 is 17.3 Å². The van der Waals surface area contributed by atoms with Gasteiger partial charge >= 0.3 is 5.97 Å². The van der Waals surface area contributed by atoms with Crippen molar-refractivity contribution in [2.24, 2.45) is 0 Å². The molecule has 0 atom stereocenters. The smallest absolute Gasteiger partial charge is 0.355 e. The van der Waals surface area contributed by atoms with Gasteiger partial charge in [0, 0.05) is 22.7 Å². The minimum atomic E-state index is -1.06. The van der Waals surface area contributed by atoms with E-state index in [9.17, 15) is 9.90 Å². The third-order valence-electron chi connectivity index (χ3n) is 3.24. The van der Waals surface area contributed by atoms with Crippen LogP contribution in [0.3, 0.4) is 0 Å². The molecule has 3 rings (SSSR count). The lowest BCUT2D eigenvalue weighted by atomic mass is 10.0. The molecule has 0 bridgehead atoms. The number of aryl methyl sites for hydroxylation is 1. The van der Waals surface area contributed by atoms with Crippen molar-refractivity contribution in [2.75, 3.05) is 7.11 Å². The number of hydrogen-bond acceptors (Lipinski definition) is 5. The number of nitrogens with zero attached hydrogens (tertiary/aromatic N) is 3. The summed E-state index contributed by atoms with van der Waals surface area (Å²) in [4.78, 5) is 15.9. The van der Waals surface area contributed by atoms with Gasteiger partial charge in [0.15, 0.2) is 5.69 Å². The van der Waals surface area contributed by atoms with E-state index in [4.69, 9.17) is 4.74 Å². The van der Waals surface area contributed by atoms with Crippen molar-refractivity contribution in [1.82, 2.24) is 14.8 Å². The van der Waals surface area contributed by atoms with E-state index < -0.39 is 5.97 Å². The fourth-order valence-corrected chi connectivity index (χ4v) is 2.95. The Morgan fingerprint density at radius 3 is 2.77 bits per heavy atom. The largest absolute Gasteiger partial charge is 0.496 e. The second-order valence-electron chi connectivity index (χ2n) is 4.54. The third-order valence-corrected chi connectivity index (χ3v) is 3.99. The monoisotopic (exact) mass is 315 g/mol. The molecule has 0 aliphatic rings. The third kappa shape index (κ3) is 2.25. The van der Waals surface area contributed by atoms with Gasteiger partial charge in [-0.1, -0.05) is 18.2 Å². The lowest BCUT2D eigenvalue weighted by molar-refractivity contribution is 0.0688. The maximum atomic E-state index is 11.8. The molecule has 0 aliphatic carbocycles. The fraction of sp³-hybridized carbons (Fsp3) is 0.133. The molecule has 0 amide bonds. The molecule has 3 aromatic rings. The van der Waals surface area contributed by atoms with Crippen LogP contribution in [0.2, 0.25) is 0 Å². The van der Waals surface area contributed by atoms with Crippen LogP contribution >= 0.6 is 11.3 Å². The number of carboxylic acid groups (broad SMARTS) is 1. The van der Waals surface area contributed by atoms with Crippen LogP contribution in [0.4, 0.5) is 0 Å². The van der Waals surface area contributed by atoms with Gasteiger partial charge in [-0.05, 0) is 13.0 Å². The molecule has 0 fully saturated rings. The first-order chi connectivity index (χ1) is 10.6. The van der Waals surface area contributed by atoms with Crippen LogP contribution in [0.25, 0.3) is 16.3 Å².